The monoisotopic (exact) mass is 418 g/mol. The fraction of sp³-hybridized carbons (Fsp3) is 0.308. The second-order valence-electron chi connectivity index (χ2n) is 8.19. The van der Waals surface area contributed by atoms with E-state index >= 15 is 0 Å². The van der Waals surface area contributed by atoms with E-state index in [9.17, 15) is 14.0 Å². The van der Waals surface area contributed by atoms with E-state index in [1.54, 1.807) is 16.7 Å². The zero-order chi connectivity index (χ0) is 22.0. The lowest BCUT2D eigenvalue weighted by Crippen LogP contribution is -2.38. The Morgan fingerprint density at radius 1 is 1.13 bits per heavy atom. The lowest BCUT2D eigenvalue weighted by molar-refractivity contribution is 0.0898. The van der Waals surface area contributed by atoms with Crippen LogP contribution in [0.3, 0.4) is 0 Å². The maximum Gasteiger partial charge on any atom is 0.255 e. The highest BCUT2D eigenvalue weighted by Crippen LogP contribution is 2.38. The number of nitrogens with one attached hydrogen (secondary N) is 1. The SMILES string of the molecule is CCc1cc(=O)n(-c2ccccc2)c(C)c1C(=O)N[C@H](c1cccc(F)c1)C1CCC1. The summed E-state index contributed by atoms with van der Waals surface area (Å²) in [7, 11) is 0. The molecule has 4 nitrogen and oxygen atoms in total. The van der Waals surface area contributed by atoms with Gasteiger partial charge in [0.05, 0.1) is 11.6 Å². The highest BCUT2D eigenvalue weighted by atomic mass is 19.1. The molecule has 5 heteroatoms. The van der Waals surface area contributed by atoms with Crippen LogP contribution in [0.15, 0.2) is 65.5 Å². The molecule has 1 amide bonds. The molecule has 1 atom stereocenters. The lowest BCUT2D eigenvalue weighted by atomic mass is 9.77. The molecule has 0 saturated heterocycles. The summed E-state index contributed by atoms with van der Waals surface area (Å²) in [5.41, 5.74) is 3.20. The summed E-state index contributed by atoms with van der Waals surface area (Å²) in [6.45, 7) is 3.75. The van der Waals surface area contributed by atoms with Crippen LogP contribution in [0.4, 0.5) is 4.39 Å². The molecule has 1 fully saturated rings. The molecule has 1 saturated carbocycles. The Balaban J connectivity index is 1.75. The number of nitrogens with zero attached hydrogens (tertiary/aromatic N) is 1. The Morgan fingerprint density at radius 3 is 2.48 bits per heavy atom. The van der Waals surface area contributed by atoms with Gasteiger partial charge in [-0.05, 0) is 67.5 Å². The zero-order valence-electron chi connectivity index (χ0n) is 17.9. The van der Waals surface area contributed by atoms with E-state index in [-0.39, 0.29) is 29.2 Å². The zero-order valence-corrected chi connectivity index (χ0v) is 17.9. The van der Waals surface area contributed by atoms with Crippen LogP contribution in [-0.4, -0.2) is 10.5 Å². The Morgan fingerprint density at radius 2 is 1.87 bits per heavy atom. The first-order valence-electron chi connectivity index (χ1n) is 10.9. The van der Waals surface area contributed by atoms with Crippen molar-refractivity contribution in [2.45, 2.75) is 45.6 Å². The number of pyridine rings is 1. The molecule has 1 heterocycles. The number of hydrogen-bond acceptors (Lipinski definition) is 2. The first-order chi connectivity index (χ1) is 15.0. The van der Waals surface area contributed by atoms with Gasteiger partial charge in [-0.25, -0.2) is 4.39 Å². The molecule has 4 rings (SSSR count). The van der Waals surface area contributed by atoms with Crippen molar-refractivity contribution in [1.82, 2.24) is 9.88 Å². The first kappa shape index (κ1) is 21.0. The summed E-state index contributed by atoms with van der Waals surface area (Å²) in [5, 5.41) is 3.17. The number of benzene rings is 2. The lowest BCUT2D eigenvalue weighted by Gasteiger charge is -2.35. The van der Waals surface area contributed by atoms with Gasteiger partial charge in [-0.15, -0.1) is 0 Å². The van der Waals surface area contributed by atoms with E-state index in [0.717, 1.165) is 36.1 Å². The molecule has 0 aliphatic heterocycles. The molecule has 2 aromatic carbocycles. The van der Waals surface area contributed by atoms with Crippen LogP contribution in [0.2, 0.25) is 0 Å². The molecule has 1 aromatic heterocycles. The van der Waals surface area contributed by atoms with Crippen molar-refractivity contribution < 1.29 is 9.18 Å². The molecule has 1 aliphatic carbocycles. The quantitative estimate of drug-likeness (QED) is 0.604. The number of halogens is 1. The van der Waals surface area contributed by atoms with Crippen molar-refractivity contribution in [3.8, 4) is 5.69 Å². The van der Waals surface area contributed by atoms with Gasteiger partial charge in [0.1, 0.15) is 5.82 Å². The minimum atomic E-state index is -0.306. The highest BCUT2D eigenvalue weighted by molar-refractivity contribution is 5.97. The normalized spacial score (nSPS) is 14.7. The van der Waals surface area contributed by atoms with Gasteiger partial charge in [0.15, 0.2) is 0 Å². The van der Waals surface area contributed by atoms with Crippen LogP contribution in [0.1, 0.15) is 59.4 Å². The fourth-order valence-corrected chi connectivity index (χ4v) is 4.44. The van der Waals surface area contributed by atoms with E-state index in [1.807, 2.05) is 50.2 Å². The molecule has 0 radical (unpaired) electrons. The largest absolute Gasteiger partial charge is 0.345 e. The fourth-order valence-electron chi connectivity index (χ4n) is 4.44. The van der Waals surface area contributed by atoms with Crippen molar-refractivity contribution >= 4 is 5.91 Å². The predicted molar refractivity (Wildman–Crippen MR) is 120 cm³/mol. The summed E-state index contributed by atoms with van der Waals surface area (Å²) in [4.78, 5) is 26.4. The van der Waals surface area contributed by atoms with E-state index in [4.69, 9.17) is 0 Å². The van der Waals surface area contributed by atoms with E-state index in [1.165, 1.54) is 12.1 Å². The van der Waals surface area contributed by atoms with E-state index < -0.39 is 0 Å². The van der Waals surface area contributed by atoms with Crippen molar-refractivity contribution in [2.24, 2.45) is 5.92 Å². The van der Waals surface area contributed by atoms with Gasteiger partial charge in [-0.1, -0.05) is 43.7 Å². The number of carbonyl (C=O) groups is 1. The maximum absolute atomic E-state index is 13.9. The molecular formula is C26H27FN2O2. The number of aromatic nitrogens is 1. The van der Waals surface area contributed by atoms with Crippen LogP contribution < -0.4 is 10.9 Å². The van der Waals surface area contributed by atoms with Crippen molar-refractivity contribution in [2.75, 3.05) is 0 Å². The Hall–Kier alpha value is -3.21. The third-order valence-electron chi connectivity index (χ3n) is 6.27. The molecule has 3 aromatic rings. The number of amides is 1. The highest BCUT2D eigenvalue weighted by Gasteiger charge is 2.31. The standard InChI is InChI=1S/C26H27FN2O2/c1-3-18-16-23(30)29(22-13-5-4-6-14-22)17(2)24(18)26(31)28-25(19-9-7-10-19)20-11-8-12-21(27)15-20/h4-6,8,11-16,19,25H,3,7,9-10H2,1-2H3,(H,28,31)/t25-/m0/s1. The second kappa shape index (κ2) is 8.88. The topological polar surface area (TPSA) is 51.1 Å². The summed E-state index contributed by atoms with van der Waals surface area (Å²) in [6.07, 6.45) is 3.70. The van der Waals surface area contributed by atoms with Crippen LogP contribution in [0, 0.1) is 18.7 Å². The number of aryl methyl sites for hydroxylation is 1. The second-order valence-corrected chi connectivity index (χ2v) is 8.19. The molecule has 0 unspecified atom stereocenters. The number of rotatable bonds is 6. The third-order valence-corrected chi connectivity index (χ3v) is 6.27. The number of carbonyl (C=O) groups excluding carboxylic acids is 1. The number of hydrogen-bond donors (Lipinski definition) is 1. The molecule has 1 N–H and O–H groups in total. The van der Waals surface area contributed by atoms with Crippen molar-refractivity contribution in [1.29, 1.82) is 0 Å². The minimum absolute atomic E-state index is 0.155. The van der Waals surface area contributed by atoms with Crippen LogP contribution in [0.5, 0.6) is 0 Å². The maximum atomic E-state index is 13.9. The Labute approximate surface area is 181 Å². The van der Waals surface area contributed by atoms with Gasteiger partial charge in [0.25, 0.3) is 11.5 Å². The molecular weight excluding hydrogens is 391 g/mol. The summed E-state index contributed by atoms with van der Waals surface area (Å²) in [6, 6.07) is 17.1. The van der Waals surface area contributed by atoms with Gasteiger partial charge < -0.3 is 5.32 Å². The van der Waals surface area contributed by atoms with Gasteiger partial charge in [-0.3, -0.25) is 14.2 Å². The summed E-state index contributed by atoms with van der Waals surface area (Å²) < 4.78 is 15.5. The average molecular weight is 419 g/mol. The van der Waals surface area contributed by atoms with Crippen LogP contribution >= 0.6 is 0 Å². The molecule has 0 spiro atoms. The van der Waals surface area contributed by atoms with Crippen molar-refractivity contribution in [3.05, 3.63) is 99.2 Å². The summed E-state index contributed by atoms with van der Waals surface area (Å²) in [5.74, 6) is -0.240. The third kappa shape index (κ3) is 4.18. The molecule has 0 bridgehead atoms. The Bertz CT molecular complexity index is 1150. The minimum Gasteiger partial charge on any atom is -0.345 e. The van der Waals surface area contributed by atoms with Gasteiger partial charge in [0.2, 0.25) is 0 Å². The summed E-state index contributed by atoms with van der Waals surface area (Å²) >= 11 is 0. The Kier molecular flexibility index (Phi) is 6.03. The van der Waals surface area contributed by atoms with Crippen molar-refractivity contribution in [3.63, 3.8) is 0 Å². The smallest absolute Gasteiger partial charge is 0.255 e. The number of para-hydroxylation sites is 1. The van der Waals surface area contributed by atoms with Crippen LogP contribution in [-0.2, 0) is 6.42 Å². The van der Waals surface area contributed by atoms with E-state index in [2.05, 4.69) is 5.32 Å². The van der Waals surface area contributed by atoms with E-state index in [0.29, 0.717) is 17.7 Å². The molecule has 1 aliphatic rings. The molecule has 31 heavy (non-hydrogen) atoms. The average Bonchev–Trinajstić information content (AvgIpc) is 2.72. The predicted octanol–water partition coefficient (Wildman–Crippen LogP) is 5.12. The molecule has 160 valence electrons. The van der Waals surface area contributed by atoms with Crippen LogP contribution in [0.25, 0.3) is 5.69 Å². The van der Waals surface area contributed by atoms with Gasteiger partial charge >= 0.3 is 0 Å². The van der Waals surface area contributed by atoms with Gasteiger partial charge in [-0.2, -0.15) is 0 Å². The first-order valence-corrected chi connectivity index (χ1v) is 10.9. The van der Waals surface area contributed by atoms with Gasteiger partial charge in [0, 0.05) is 17.4 Å².